The van der Waals surface area contributed by atoms with Crippen molar-refractivity contribution in [2.75, 3.05) is 11.9 Å². The molecule has 2 aromatic rings. The van der Waals surface area contributed by atoms with E-state index in [1.165, 1.54) is 22.3 Å². The molecular formula is C28H29ClN2. The molecule has 0 saturated carbocycles. The van der Waals surface area contributed by atoms with Crippen molar-refractivity contribution in [2.24, 2.45) is 4.99 Å². The molecule has 1 heterocycles. The largest absolute Gasteiger partial charge is 0.385 e. The molecule has 0 saturated heterocycles. The van der Waals surface area contributed by atoms with Gasteiger partial charge in [0.2, 0.25) is 0 Å². The molecule has 4 rings (SSSR count). The monoisotopic (exact) mass is 428 g/mol. The molecule has 1 aliphatic carbocycles. The van der Waals surface area contributed by atoms with E-state index in [0.29, 0.717) is 0 Å². The van der Waals surface area contributed by atoms with Crippen LogP contribution in [0.4, 0.5) is 11.4 Å². The summed E-state index contributed by atoms with van der Waals surface area (Å²) in [6, 6.07) is 16.8. The summed E-state index contributed by atoms with van der Waals surface area (Å²) < 4.78 is 0. The predicted molar refractivity (Wildman–Crippen MR) is 136 cm³/mol. The van der Waals surface area contributed by atoms with Gasteiger partial charge in [-0.15, -0.1) is 0 Å². The second-order valence-electron chi connectivity index (χ2n) is 8.52. The summed E-state index contributed by atoms with van der Waals surface area (Å²) >= 11 is 6.71. The summed E-state index contributed by atoms with van der Waals surface area (Å²) in [7, 11) is 0. The fourth-order valence-corrected chi connectivity index (χ4v) is 4.45. The molecule has 2 aliphatic rings. The van der Waals surface area contributed by atoms with Crippen LogP contribution in [0, 0.1) is 0 Å². The molecule has 0 atom stereocenters. The summed E-state index contributed by atoms with van der Waals surface area (Å²) in [5, 5.41) is 4.19. The van der Waals surface area contributed by atoms with Gasteiger partial charge >= 0.3 is 0 Å². The van der Waals surface area contributed by atoms with E-state index in [-0.39, 0.29) is 5.41 Å². The van der Waals surface area contributed by atoms with Crippen LogP contribution >= 0.6 is 11.6 Å². The van der Waals surface area contributed by atoms with Gasteiger partial charge in [-0.05, 0) is 66.3 Å². The highest BCUT2D eigenvalue weighted by Crippen LogP contribution is 2.41. The number of hydrogen-bond donors (Lipinski definition) is 1. The second kappa shape index (κ2) is 9.11. The molecular weight excluding hydrogens is 400 g/mol. The number of benzene rings is 2. The molecule has 2 aromatic carbocycles. The van der Waals surface area contributed by atoms with Gasteiger partial charge in [0.25, 0.3) is 0 Å². The Morgan fingerprint density at radius 2 is 1.77 bits per heavy atom. The summed E-state index contributed by atoms with van der Waals surface area (Å²) in [4.78, 5) is 4.84. The van der Waals surface area contributed by atoms with Crippen LogP contribution < -0.4 is 5.32 Å². The molecule has 3 heteroatoms. The standard InChI is InChI=1S/C28H29ClN2/c1-4-30-23-17-12-20(13-18-23)8-7-9-21-14-15-22(27(21)29)16-19-26-28(2,3)24-10-5-6-11-25(24)31-26/h5-13,16-19,30H,4,14-15H2,1-3H3/b8-7+,19-16+,21-9+. The number of nitrogens with zero attached hydrogens (tertiary/aromatic N) is 1. The lowest BCUT2D eigenvalue weighted by molar-refractivity contribution is 0.740. The molecule has 158 valence electrons. The Hall–Kier alpha value is -2.84. The van der Waals surface area contributed by atoms with Gasteiger partial charge in [-0.3, -0.25) is 4.99 Å². The van der Waals surface area contributed by atoms with Gasteiger partial charge in [-0.2, -0.15) is 0 Å². The second-order valence-corrected chi connectivity index (χ2v) is 8.89. The number of nitrogens with one attached hydrogen (secondary N) is 1. The van der Waals surface area contributed by atoms with E-state index in [0.717, 1.165) is 41.5 Å². The van der Waals surface area contributed by atoms with Crippen molar-refractivity contribution in [3.05, 3.63) is 100 Å². The zero-order chi connectivity index (χ0) is 21.8. The van der Waals surface area contributed by atoms with Gasteiger partial charge < -0.3 is 5.32 Å². The number of halogens is 1. The number of para-hydroxylation sites is 1. The Kier molecular flexibility index (Phi) is 6.29. The minimum absolute atomic E-state index is 0.0810. The lowest BCUT2D eigenvalue weighted by Crippen LogP contribution is -2.23. The van der Waals surface area contributed by atoms with Crippen LogP contribution in [0.15, 0.2) is 94.0 Å². The molecule has 1 N–H and O–H groups in total. The Morgan fingerprint density at radius 3 is 2.52 bits per heavy atom. The van der Waals surface area contributed by atoms with Crippen molar-refractivity contribution in [1.29, 1.82) is 0 Å². The molecule has 0 amide bonds. The quantitative estimate of drug-likeness (QED) is 0.495. The highest BCUT2D eigenvalue weighted by Gasteiger charge is 2.33. The van der Waals surface area contributed by atoms with Gasteiger partial charge in [0.15, 0.2) is 0 Å². The Bertz CT molecular complexity index is 1110. The van der Waals surface area contributed by atoms with Gasteiger partial charge in [0.1, 0.15) is 0 Å². The highest BCUT2D eigenvalue weighted by molar-refractivity contribution is 6.33. The fraction of sp³-hybridized carbons (Fsp3) is 0.250. The maximum Gasteiger partial charge on any atom is 0.0674 e. The first-order valence-corrected chi connectivity index (χ1v) is 11.3. The van der Waals surface area contributed by atoms with Crippen molar-refractivity contribution >= 4 is 34.8 Å². The third-order valence-electron chi connectivity index (χ3n) is 6.01. The highest BCUT2D eigenvalue weighted by atomic mass is 35.5. The van der Waals surface area contributed by atoms with E-state index in [9.17, 15) is 0 Å². The average molecular weight is 429 g/mol. The normalized spacial score (nSPS) is 19.0. The molecule has 0 radical (unpaired) electrons. The first-order chi connectivity index (χ1) is 15.0. The van der Waals surface area contributed by atoms with E-state index in [1.54, 1.807) is 0 Å². The van der Waals surface area contributed by atoms with Crippen molar-refractivity contribution < 1.29 is 0 Å². The molecule has 0 aromatic heterocycles. The average Bonchev–Trinajstić information content (AvgIpc) is 3.24. The maximum atomic E-state index is 6.71. The van der Waals surface area contributed by atoms with Crippen LogP contribution in [0.5, 0.6) is 0 Å². The first kappa shape index (κ1) is 21.4. The minimum Gasteiger partial charge on any atom is -0.385 e. The summed E-state index contributed by atoms with van der Waals surface area (Å²) in [6.07, 6.45) is 12.6. The summed E-state index contributed by atoms with van der Waals surface area (Å²) in [5.74, 6) is 0. The molecule has 0 fully saturated rings. The summed E-state index contributed by atoms with van der Waals surface area (Å²) in [6.45, 7) is 7.49. The molecule has 0 unspecified atom stereocenters. The zero-order valence-corrected chi connectivity index (χ0v) is 19.2. The fourth-order valence-electron chi connectivity index (χ4n) is 4.13. The van der Waals surface area contributed by atoms with E-state index in [4.69, 9.17) is 16.6 Å². The van der Waals surface area contributed by atoms with E-state index in [2.05, 4.69) is 98.9 Å². The number of aliphatic imine (C=N–C) groups is 1. The van der Waals surface area contributed by atoms with Crippen molar-refractivity contribution in [1.82, 2.24) is 0 Å². The van der Waals surface area contributed by atoms with E-state index >= 15 is 0 Å². The van der Waals surface area contributed by atoms with Crippen LogP contribution in [0.1, 0.15) is 44.7 Å². The SMILES string of the molecule is CCNc1ccc(/C=C/C=C2\CCC(/C=C/C3=Nc4ccccc4C3(C)C)=C2Cl)cc1. The van der Waals surface area contributed by atoms with E-state index < -0.39 is 0 Å². The number of rotatable bonds is 6. The molecule has 1 aliphatic heterocycles. The van der Waals surface area contributed by atoms with Gasteiger partial charge in [0, 0.05) is 22.7 Å². The maximum absolute atomic E-state index is 6.71. The molecule has 2 nitrogen and oxygen atoms in total. The van der Waals surface area contributed by atoms with Gasteiger partial charge in [0.05, 0.1) is 11.4 Å². The first-order valence-electron chi connectivity index (χ1n) is 11.0. The molecule has 0 bridgehead atoms. The number of anilines is 1. The van der Waals surface area contributed by atoms with Crippen LogP contribution in [0.25, 0.3) is 6.08 Å². The van der Waals surface area contributed by atoms with E-state index in [1.807, 2.05) is 6.07 Å². The van der Waals surface area contributed by atoms with Gasteiger partial charge in [-0.1, -0.05) is 80.1 Å². The van der Waals surface area contributed by atoms with Crippen molar-refractivity contribution in [2.45, 2.75) is 39.0 Å². The third-order valence-corrected chi connectivity index (χ3v) is 6.49. The smallest absolute Gasteiger partial charge is 0.0674 e. The Balaban J connectivity index is 1.46. The van der Waals surface area contributed by atoms with Crippen molar-refractivity contribution in [3.63, 3.8) is 0 Å². The Morgan fingerprint density at radius 1 is 1.00 bits per heavy atom. The molecule has 0 spiro atoms. The zero-order valence-electron chi connectivity index (χ0n) is 18.5. The minimum atomic E-state index is -0.0810. The lowest BCUT2D eigenvalue weighted by atomic mass is 9.81. The number of allylic oxidation sites excluding steroid dienone is 7. The van der Waals surface area contributed by atoms with Crippen LogP contribution in [0.2, 0.25) is 0 Å². The lowest BCUT2D eigenvalue weighted by Gasteiger charge is -2.20. The van der Waals surface area contributed by atoms with Crippen LogP contribution in [-0.4, -0.2) is 12.3 Å². The van der Waals surface area contributed by atoms with Gasteiger partial charge in [-0.25, -0.2) is 0 Å². The predicted octanol–water partition coefficient (Wildman–Crippen LogP) is 7.96. The number of hydrogen-bond acceptors (Lipinski definition) is 2. The summed E-state index contributed by atoms with van der Waals surface area (Å²) in [5.41, 5.74) is 8.07. The van der Waals surface area contributed by atoms with Crippen molar-refractivity contribution in [3.8, 4) is 0 Å². The molecule has 31 heavy (non-hydrogen) atoms. The van der Waals surface area contributed by atoms with Crippen LogP contribution in [0.3, 0.4) is 0 Å². The Labute approximate surface area is 190 Å². The number of fused-ring (bicyclic) bond motifs is 1. The van der Waals surface area contributed by atoms with Crippen LogP contribution in [-0.2, 0) is 5.41 Å². The third kappa shape index (κ3) is 4.60. The topological polar surface area (TPSA) is 24.4 Å².